The molecule has 0 aliphatic heterocycles. The predicted octanol–water partition coefficient (Wildman–Crippen LogP) is 4.01. The van der Waals surface area contributed by atoms with Gasteiger partial charge < -0.3 is 10.2 Å². The Hall–Kier alpha value is -1.99. The highest BCUT2D eigenvalue weighted by Crippen LogP contribution is 2.35. The van der Waals surface area contributed by atoms with E-state index in [1.807, 2.05) is 32.3 Å². The van der Waals surface area contributed by atoms with Gasteiger partial charge in [0.1, 0.15) is 5.01 Å². The monoisotopic (exact) mass is 373 g/mol. The molecule has 0 saturated heterocycles. The fraction of sp³-hybridized carbons (Fsp3) is 0.526. The average Bonchev–Trinajstić information content (AvgIpc) is 3.11. The molecule has 1 aromatic carbocycles. The zero-order valence-electron chi connectivity index (χ0n) is 15.4. The van der Waals surface area contributed by atoms with Crippen LogP contribution >= 0.6 is 11.3 Å². The molecule has 0 spiro atoms. The molecule has 1 saturated carbocycles. The Bertz CT molecular complexity index is 697. The van der Waals surface area contributed by atoms with Crippen LogP contribution in [0.25, 0.3) is 0 Å². The molecule has 1 aliphatic carbocycles. The van der Waals surface area contributed by atoms with Gasteiger partial charge in [0, 0.05) is 12.5 Å². The average molecular weight is 374 g/mol. The summed E-state index contributed by atoms with van der Waals surface area (Å²) >= 11 is 1.50. The van der Waals surface area contributed by atoms with Gasteiger partial charge in [-0.1, -0.05) is 60.9 Å². The van der Waals surface area contributed by atoms with Gasteiger partial charge in [-0.3, -0.25) is 5.32 Å². The zero-order chi connectivity index (χ0) is 18.4. The highest BCUT2D eigenvalue weighted by Gasteiger charge is 2.20. The molecule has 0 radical (unpaired) electrons. The van der Waals surface area contributed by atoms with Crippen LogP contribution in [0.1, 0.15) is 54.6 Å². The summed E-state index contributed by atoms with van der Waals surface area (Å²) in [5.41, 5.74) is 1.17. The summed E-state index contributed by atoms with van der Waals surface area (Å²) in [5.74, 6) is 0.510. The van der Waals surface area contributed by atoms with Gasteiger partial charge in [-0.25, -0.2) is 4.79 Å². The molecule has 1 atom stereocenters. The first-order valence-corrected chi connectivity index (χ1v) is 10.0. The molecule has 3 rings (SSSR count). The highest BCUT2D eigenvalue weighted by molar-refractivity contribution is 7.15. The number of likely N-dealkylation sites (N-methyl/N-ethyl adjacent to an activating group) is 1. The van der Waals surface area contributed by atoms with Crippen molar-refractivity contribution in [2.24, 2.45) is 0 Å². The number of nitrogens with one attached hydrogen (secondary N) is 2. The van der Waals surface area contributed by atoms with E-state index in [1.165, 1.54) is 49.0 Å². The Kier molecular flexibility index (Phi) is 6.57. The summed E-state index contributed by atoms with van der Waals surface area (Å²) in [6, 6.07) is 10.1. The molecule has 140 valence electrons. The third kappa shape index (κ3) is 5.02. The predicted molar refractivity (Wildman–Crippen MR) is 106 cm³/mol. The molecule has 2 aromatic rings. The number of benzene rings is 1. The molecule has 1 heterocycles. The lowest BCUT2D eigenvalue weighted by atomic mass is 9.90. The van der Waals surface area contributed by atoms with Gasteiger partial charge in [-0.15, -0.1) is 10.2 Å². The molecule has 7 heteroatoms. The van der Waals surface area contributed by atoms with E-state index in [0.717, 1.165) is 5.01 Å². The molecule has 2 amide bonds. The molecule has 6 nitrogen and oxygen atoms in total. The quantitative estimate of drug-likeness (QED) is 0.803. The summed E-state index contributed by atoms with van der Waals surface area (Å²) in [4.78, 5) is 14.4. The molecule has 1 aromatic heterocycles. The second kappa shape index (κ2) is 9.09. The summed E-state index contributed by atoms with van der Waals surface area (Å²) < 4.78 is 0. The number of aromatic nitrogens is 2. The summed E-state index contributed by atoms with van der Waals surface area (Å²) in [6.45, 7) is 0.525. The number of rotatable bonds is 6. The van der Waals surface area contributed by atoms with Crippen LogP contribution in [-0.2, 0) is 0 Å². The maximum absolute atomic E-state index is 12.3. The standard InChI is InChI=1S/C19H27N5OS/c1-24(2)16(14-9-5-3-6-10-14)13-20-18(25)21-19-23-22-17(26-19)15-11-7-4-8-12-15/h3,5-6,9-10,15-16H,4,7-8,11-13H2,1-2H3,(H2,20,21,23,25). The zero-order valence-corrected chi connectivity index (χ0v) is 16.3. The van der Waals surface area contributed by atoms with Crippen molar-refractivity contribution in [3.8, 4) is 0 Å². The van der Waals surface area contributed by atoms with Crippen molar-refractivity contribution in [3.63, 3.8) is 0 Å². The molecule has 0 bridgehead atoms. The lowest BCUT2D eigenvalue weighted by molar-refractivity contribution is 0.243. The van der Waals surface area contributed by atoms with Crippen molar-refractivity contribution < 1.29 is 4.79 Å². The first-order valence-electron chi connectivity index (χ1n) is 9.23. The second-order valence-corrected chi connectivity index (χ2v) is 8.01. The van der Waals surface area contributed by atoms with Gasteiger partial charge in [0.05, 0.1) is 6.04 Å². The normalized spacial score (nSPS) is 16.4. The van der Waals surface area contributed by atoms with E-state index >= 15 is 0 Å². The van der Waals surface area contributed by atoms with Crippen molar-refractivity contribution in [3.05, 3.63) is 40.9 Å². The number of urea groups is 1. The van der Waals surface area contributed by atoms with E-state index in [0.29, 0.717) is 17.6 Å². The molecular formula is C19H27N5OS. The van der Waals surface area contributed by atoms with Crippen LogP contribution in [0.5, 0.6) is 0 Å². The van der Waals surface area contributed by atoms with E-state index in [4.69, 9.17) is 0 Å². The summed E-state index contributed by atoms with van der Waals surface area (Å²) in [5, 5.41) is 15.8. The van der Waals surface area contributed by atoms with E-state index in [9.17, 15) is 4.79 Å². The minimum Gasteiger partial charge on any atom is -0.336 e. The number of carbonyl (C=O) groups excluding carboxylic acids is 1. The number of hydrogen-bond donors (Lipinski definition) is 2. The maximum atomic E-state index is 12.3. The second-order valence-electron chi connectivity index (χ2n) is 7.01. The minimum absolute atomic E-state index is 0.120. The van der Waals surface area contributed by atoms with Crippen molar-refractivity contribution in [1.82, 2.24) is 20.4 Å². The van der Waals surface area contributed by atoms with Crippen molar-refractivity contribution in [1.29, 1.82) is 0 Å². The fourth-order valence-corrected chi connectivity index (χ4v) is 4.31. The van der Waals surface area contributed by atoms with E-state index in [-0.39, 0.29) is 12.1 Å². The summed E-state index contributed by atoms with van der Waals surface area (Å²) in [7, 11) is 4.02. The molecular weight excluding hydrogens is 346 g/mol. The van der Waals surface area contributed by atoms with Gasteiger partial charge in [-0.2, -0.15) is 0 Å². The molecule has 2 N–H and O–H groups in total. The molecule has 1 unspecified atom stereocenters. The van der Waals surface area contributed by atoms with E-state index in [1.54, 1.807) is 0 Å². The lowest BCUT2D eigenvalue weighted by Crippen LogP contribution is -2.36. The first kappa shape index (κ1) is 18.8. The van der Waals surface area contributed by atoms with Crippen molar-refractivity contribution in [2.45, 2.75) is 44.1 Å². The van der Waals surface area contributed by atoms with Crippen LogP contribution in [0.4, 0.5) is 9.93 Å². The Morgan fingerprint density at radius 1 is 1.19 bits per heavy atom. The smallest absolute Gasteiger partial charge is 0.321 e. The Morgan fingerprint density at radius 2 is 1.92 bits per heavy atom. The van der Waals surface area contributed by atoms with Gasteiger partial charge in [0.25, 0.3) is 0 Å². The van der Waals surface area contributed by atoms with Gasteiger partial charge >= 0.3 is 6.03 Å². The molecule has 26 heavy (non-hydrogen) atoms. The third-order valence-corrected chi connectivity index (χ3v) is 5.88. The number of carbonyl (C=O) groups is 1. The van der Waals surface area contributed by atoms with Crippen LogP contribution in [-0.4, -0.2) is 41.8 Å². The lowest BCUT2D eigenvalue weighted by Gasteiger charge is -2.25. The minimum atomic E-state index is -0.237. The fourth-order valence-electron chi connectivity index (χ4n) is 3.40. The summed E-state index contributed by atoms with van der Waals surface area (Å²) in [6.07, 6.45) is 6.21. The number of anilines is 1. The van der Waals surface area contributed by atoms with Crippen LogP contribution < -0.4 is 10.6 Å². The topological polar surface area (TPSA) is 70.2 Å². The van der Waals surface area contributed by atoms with Crippen LogP contribution in [0, 0.1) is 0 Å². The van der Waals surface area contributed by atoms with Crippen LogP contribution in [0.2, 0.25) is 0 Å². The molecule has 1 aliphatic rings. The number of nitrogens with zero attached hydrogens (tertiary/aromatic N) is 3. The Labute approximate surface area is 159 Å². The largest absolute Gasteiger partial charge is 0.336 e. The Balaban J connectivity index is 1.53. The van der Waals surface area contributed by atoms with Crippen LogP contribution in [0.15, 0.2) is 30.3 Å². The van der Waals surface area contributed by atoms with E-state index < -0.39 is 0 Å². The Morgan fingerprint density at radius 3 is 2.62 bits per heavy atom. The van der Waals surface area contributed by atoms with E-state index in [2.05, 4.69) is 37.9 Å². The van der Waals surface area contributed by atoms with Crippen molar-refractivity contribution in [2.75, 3.05) is 26.0 Å². The van der Waals surface area contributed by atoms with Gasteiger partial charge in [0.2, 0.25) is 5.13 Å². The third-order valence-electron chi connectivity index (χ3n) is 4.88. The van der Waals surface area contributed by atoms with Crippen molar-refractivity contribution >= 4 is 22.5 Å². The van der Waals surface area contributed by atoms with Gasteiger partial charge in [-0.05, 0) is 32.5 Å². The highest BCUT2D eigenvalue weighted by atomic mass is 32.1. The number of amides is 2. The maximum Gasteiger partial charge on any atom is 0.321 e. The SMILES string of the molecule is CN(C)C(CNC(=O)Nc1nnc(C2CCCCC2)s1)c1ccccc1. The molecule has 1 fully saturated rings. The first-order chi connectivity index (χ1) is 12.6. The van der Waals surface area contributed by atoms with Crippen LogP contribution in [0.3, 0.4) is 0 Å². The van der Waals surface area contributed by atoms with Gasteiger partial charge in [0.15, 0.2) is 0 Å². The number of hydrogen-bond acceptors (Lipinski definition) is 5.